The Balaban J connectivity index is 1.12. The lowest BCUT2D eigenvalue weighted by Gasteiger charge is -2.57. The number of anilines is 1. The van der Waals surface area contributed by atoms with Gasteiger partial charge < -0.3 is 0 Å². The summed E-state index contributed by atoms with van der Waals surface area (Å²) in [5.41, 5.74) is 4.02. The van der Waals surface area contributed by atoms with Crippen molar-refractivity contribution in [3.63, 3.8) is 0 Å². The molecular formula is C30H30N2O3S2. The van der Waals surface area contributed by atoms with Crippen molar-refractivity contribution in [3.05, 3.63) is 93.6 Å². The Morgan fingerprint density at radius 2 is 1.51 bits per heavy atom. The predicted octanol–water partition coefficient (Wildman–Crippen LogP) is 6.38. The molecule has 0 spiro atoms. The molecule has 0 amide bonds. The van der Waals surface area contributed by atoms with Crippen LogP contribution in [0.15, 0.2) is 82.5 Å². The van der Waals surface area contributed by atoms with E-state index in [9.17, 15) is 13.2 Å². The molecule has 1 N–H and O–H groups in total. The molecule has 3 aromatic carbocycles. The number of fused-ring (bicyclic) bond motifs is 1. The average molecular weight is 531 g/mol. The topological polar surface area (TPSA) is 68.2 Å². The molecule has 4 aromatic rings. The molecule has 1 heterocycles. The number of benzene rings is 3. The molecule has 37 heavy (non-hydrogen) atoms. The van der Waals surface area contributed by atoms with Crippen LogP contribution in [0.2, 0.25) is 0 Å². The van der Waals surface area contributed by atoms with Crippen LogP contribution in [0.1, 0.15) is 49.7 Å². The molecule has 0 unspecified atom stereocenters. The van der Waals surface area contributed by atoms with Gasteiger partial charge in [-0.05, 0) is 103 Å². The minimum absolute atomic E-state index is 0.0957. The van der Waals surface area contributed by atoms with Gasteiger partial charge in [-0.2, -0.15) is 0 Å². The van der Waals surface area contributed by atoms with Gasteiger partial charge >= 0.3 is 4.87 Å². The van der Waals surface area contributed by atoms with E-state index >= 15 is 0 Å². The van der Waals surface area contributed by atoms with Gasteiger partial charge in [-0.1, -0.05) is 53.8 Å². The highest BCUT2D eigenvalue weighted by atomic mass is 32.2. The summed E-state index contributed by atoms with van der Waals surface area (Å²) < 4.78 is 31.6. The monoisotopic (exact) mass is 530 g/mol. The Labute approximate surface area is 221 Å². The third-order valence-corrected chi connectivity index (χ3v) is 11.2. The molecule has 1 aromatic heterocycles. The number of rotatable bonds is 6. The first-order valence-corrected chi connectivity index (χ1v) is 15.5. The summed E-state index contributed by atoms with van der Waals surface area (Å²) >= 11 is 1.08. The van der Waals surface area contributed by atoms with Crippen LogP contribution in [0, 0.1) is 17.8 Å². The maximum atomic E-state index is 13.2. The van der Waals surface area contributed by atoms with Crippen molar-refractivity contribution < 1.29 is 8.42 Å². The summed E-state index contributed by atoms with van der Waals surface area (Å²) in [6.45, 7) is 0.458. The molecule has 8 rings (SSSR count). The van der Waals surface area contributed by atoms with Crippen LogP contribution >= 0.6 is 11.3 Å². The van der Waals surface area contributed by atoms with Gasteiger partial charge in [0, 0.05) is 5.69 Å². The molecule has 4 saturated carbocycles. The Kier molecular flexibility index (Phi) is 5.38. The molecule has 7 heteroatoms. The SMILES string of the molecule is O=c1sc2cc(S(=O)(=O)Nc3ccc(C45CC6CC(CC(C6)C4)C5)cc3)ccc2n1Cc1ccccc1. The van der Waals surface area contributed by atoms with Crippen molar-refractivity contribution >= 4 is 37.3 Å². The highest BCUT2D eigenvalue weighted by Gasteiger charge is 2.51. The molecule has 5 nitrogen and oxygen atoms in total. The first-order chi connectivity index (χ1) is 17.9. The highest BCUT2D eigenvalue weighted by Crippen LogP contribution is 2.60. The maximum Gasteiger partial charge on any atom is 0.308 e. The van der Waals surface area contributed by atoms with Gasteiger partial charge in [0.05, 0.1) is 21.7 Å². The average Bonchev–Trinajstić information content (AvgIpc) is 3.18. The molecule has 0 saturated heterocycles. The fourth-order valence-electron chi connectivity index (χ4n) is 7.70. The van der Waals surface area contributed by atoms with E-state index in [2.05, 4.69) is 16.9 Å². The zero-order valence-corrected chi connectivity index (χ0v) is 22.2. The third-order valence-electron chi connectivity index (χ3n) is 8.92. The zero-order chi connectivity index (χ0) is 25.2. The van der Waals surface area contributed by atoms with Gasteiger partial charge in [-0.15, -0.1) is 0 Å². The van der Waals surface area contributed by atoms with Gasteiger partial charge in [0.25, 0.3) is 10.0 Å². The minimum Gasteiger partial charge on any atom is -0.294 e. The van der Waals surface area contributed by atoms with Crippen molar-refractivity contribution in [2.24, 2.45) is 17.8 Å². The standard InChI is InChI=1S/C30H30N2O3S2/c33-29-32(19-20-4-2-1-3-5-20)27-11-10-26(15-28(27)36-29)37(34,35)31-25-8-6-24(7-9-25)30-16-21-12-22(17-30)14-23(13-21)18-30/h1-11,15,21-23,31H,12-14,16-19H2. The molecule has 0 radical (unpaired) electrons. The first-order valence-electron chi connectivity index (χ1n) is 13.2. The minimum atomic E-state index is -3.78. The summed E-state index contributed by atoms with van der Waals surface area (Å²) in [7, 11) is -3.78. The zero-order valence-electron chi connectivity index (χ0n) is 20.6. The van der Waals surface area contributed by atoms with Crippen molar-refractivity contribution in [3.8, 4) is 0 Å². The molecule has 4 aliphatic carbocycles. The van der Waals surface area contributed by atoms with E-state index in [1.807, 2.05) is 42.5 Å². The van der Waals surface area contributed by atoms with Crippen molar-refractivity contribution in [2.75, 3.05) is 4.72 Å². The quantitative estimate of drug-likeness (QED) is 0.315. The number of aromatic nitrogens is 1. The van der Waals surface area contributed by atoms with Crippen molar-refractivity contribution in [2.45, 2.75) is 55.4 Å². The van der Waals surface area contributed by atoms with Crippen LogP contribution in [0.4, 0.5) is 5.69 Å². The number of sulfonamides is 1. The second-order valence-electron chi connectivity index (χ2n) is 11.4. The maximum absolute atomic E-state index is 13.2. The fraction of sp³-hybridized carbons (Fsp3) is 0.367. The summed E-state index contributed by atoms with van der Waals surface area (Å²) in [6, 6.07) is 22.8. The summed E-state index contributed by atoms with van der Waals surface area (Å²) in [5.74, 6) is 2.62. The van der Waals surface area contributed by atoms with Crippen LogP contribution in [0.5, 0.6) is 0 Å². The third kappa shape index (κ3) is 4.12. The van der Waals surface area contributed by atoms with E-state index in [4.69, 9.17) is 0 Å². The van der Waals surface area contributed by atoms with Crippen LogP contribution < -0.4 is 9.60 Å². The lowest BCUT2D eigenvalue weighted by molar-refractivity contribution is -0.00518. The molecular weight excluding hydrogens is 500 g/mol. The van der Waals surface area contributed by atoms with Crippen LogP contribution in [0.25, 0.3) is 10.2 Å². The van der Waals surface area contributed by atoms with Crippen molar-refractivity contribution in [1.29, 1.82) is 0 Å². The fourth-order valence-corrected chi connectivity index (χ4v) is 9.79. The molecule has 4 aliphatic rings. The predicted molar refractivity (Wildman–Crippen MR) is 149 cm³/mol. The summed E-state index contributed by atoms with van der Waals surface area (Å²) in [4.78, 5) is 12.7. The smallest absolute Gasteiger partial charge is 0.294 e. The molecule has 4 bridgehead atoms. The normalized spacial score (nSPS) is 26.5. The van der Waals surface area contributed by atoms with E-state index in [0.717, 1.165) is 40.2 Å². The van der Waals surface area contributed by atoms with Gasteiger partial charge in [-0.3, -0.25) is 14.1 Å². The first kappa shape index (κ1) is 23.2. The van der Waals surface area contributed by atoms with Gasteiger partial charge in [0.1, 0.15) is 0 Å². The van der Waals surface area contributed by atoms with Crippen LogP contribution in [-0.2, 0) is 22.0 Å². The second-order valence-corrected chi connectivity index (χ2v) is 14.1. The van der Waals surface area contributed by atoms with Crippen molar-refractivity contribution in [1.82, 2.24) is 4.57 Å². The number of nitrogens with one attached hydrogen (secondary N) is 1. The van der Waals surface area contributed by atoms with E-state index in [1.165, 1.54) is 44.1 Å². The Morgan fingerprint density at radius 3 is 2.16 bits per heavy atom. The Morgan fingerprint density at radius 1 is 0.865 bits per heavy atom. The number of hydrogen-bond acceptors (Lipinski definition) is 4. The number of thiazole rings is 1. The molecule has 0 aliphatic heterocycles. The molecule has 0 atom stereocenters. The van der Waals surface area contributed by atoms with E-state index in [1.54, 1.807) is 22.8 Å². The highest BCUT2D eigenvalue weighted by molar-refractivity contribution is 7.92. The lowest BCUT2D eigenvalue weighted by Crippen LogP contribution is -2.48. The summed E-state index contributed by atoms with van der Waals surface area (Å²) in [5, 5.41) is 0. The summed E-state index contributed by atoms with van der Waals surface area (Å²) in [6.07, 6.45) is 8.09. The van der Waals surface area contributed by atoms with E-state index < -0.39 is 10.0 Å². The Bertz CT molecular complexity index is 1600. The largest absolute Gasteiger partial charge is 0.308 e. The van der Waals surface area contributed by atoms with E-state index in [0.29, 0.717) is 22.3 Å². The molecule has 4 fully saturated rings. The van der Waals surface area contributed by atoms with Crippen LogP contribution in [0.3, 0.4) is 0 Å². The molecule has 190 valence electrons. The number of hydrogen-bond donors (Lipinski definition) is 1. The van der Waals surface area contributed by atoms with Gasteiger partial charge in [0.15, 0.2) is 0 Å². The number of nitrogens with zero attached hydrogens (tertiary/aromatic N) is 1. The Hall–Kier alpha value is -2.90. The second kappa shape index (κ2) is 8.57. The van der Waals surface area contributed by atoms with E-state index in [-0.39, 0.29) is 9.77 Å². The van der Waals surface area contributed by atoms with Crippen LogP contribution in [-0.4, -0.2) is 13.0 Å². The van der Waals surface area contributed by atoms with Gasteiger partial charge in [-0.25, -0.2) is 8.42 Å². The van der Waals surface area contributed by atoms with Gasteiger partial charge in [0.2, 0.25) is 0 Å². The lowest BCUT2D eigenvalue weighted by atomic mass is 9.48.